The van der Waals surface area contributed by atoms with E-state index in [2.05, 4.69) is 59.2 Å². The normalized spacial score (nSPS) is 25.7. The molecular formula is C13H18IN. The molecule has 0 amide bonds. The first-order chi connectivity index (χ1) is 7.28. The fraction of sp³-hybridized carbons (Fsp3) is 0.538. The minimum absolute atomic E-state index is 0.763. The van der Waals surface area contributed by atoms with E-state index in [0.717, 1.165) is 12.0 Å². The highest BCUT2D eigenvalue weighted by atomic mass is 127. The van der Waals surface area contributed by atoms with E-state index >= 15 is 0 Å². The molecule has 1 saturated carbocycles. The Kier molecular flexibility index (Phi) is 4.03. The lowest BCUT2D eigenvalue weighted by atomic mass is 9.98. The number of halogens is 1. The number of hydrogen-bond acceptors (Lipinski definition) is 1. The molecule has 2 unspecified atom stereocenters. The minimum Gasteiger partial charge on any atom is -0.317 e. The van der Waals surface area contributed by atoms with Crippen molar-refractivity contribution in [1.82, 2.24) is 5.32 Å². The lowest BCUT2D eigenvalue weighted by Gasteiger charge is -2.10. The van der Waals surface area contributed by atoms with Crippen molar-refractivity contribution in [2.24, 2.45) is 5.92 Å². The van der Waals surface area contributed by atoms with Crippen LogP contribution in [0.2, 0.25) is 0 Å². The van der Waals surface area contributed by atoms with Crippen LogP contribution < -0.4 is 5.32 Å². The van der Waals surface area contributed by atoms with E-state index in [0.29, 0.717) is 0 Å². The molecule has 1 N–H and O–H groups in total. The van der Waals surface area contributed by atoms with E-state index < -0.39 is 0 Å². The second-order valence-corrected chi connectivity index (χ2v) is 5.74. The van der Waals surface area contributed by atoms with Crippen molar-refractivity contribution in [2.75, 3.05) is 7.05 Å². The third-order valence-corrected chi connectivity index (χ3v) is 4.11. The Hall–Kier alpha value is -0.0900. The van der Waals surface area contributed by atoms with Crippen LogP contribution in [-0.4, -0.2) is 13.1 Å². The van der Waals surface area contributed by atoms with Crippen LogP contribution in [0.25, 0.3) is 0 Å². The highest BCUT2D eigenvalue weighted by molar-refractivity contribution is 14.1. The summed E-state index contributed by atoms with van der Waals surface area (Å²) in [6.07, 6.45) is 5.35. The molecule has 0 aromatic heterocycles. The Morgan fingerprint density at radius 3 is 2.60 bits per heavy atom. The van der Waals surface area contributed by atoms with Gasteiger partial charge in [0.05, 0.1) is 0 Å². The minimum atomic E-state index is 0.763. The van der Waals surface area contributed by atoms with Gasteiger partial charge in [-0.25, -0.2) is 0 Å². The Balaban J connectivity index is 1.90. The van der Waals surface area contributed by atoms with Gasteiger partial charge in [0, 0.05) is 9.61 Å². The first kappa shape index (κ1) is 11.4. The van der Waals surface area contributed by atoms with E-state index in [1.807, 2.05) is 0 Å². The molecule has 2 heteroatoms. The van der Waals surface area contributed by atoms with Gasteiger partial charge in [-0.1, -0.05) is 12.1 Å². The molecular weight excluding hydrogens is 297 g/mol. The predicted octanol–water partition coefficient (Wildman–Crippen LogP) is 3.22. The molecule has 0 spiro atoms. The van der Waals surface area contributed by atoms with Crippen LogP contribution in [0, 0.1) is 9.49 Å². The van der Waals surface area contributed by atoms with Crippen LogP contribution in [-0.2, 0) is 6.42 Å². The summed E-state index contributed by atoms with van der Waals surface area (Å²) in [6.45, 7) is 0. The summed E-state index contributed by atoms with van der Waals surface area (Å²) in [5.41, 5.74) is 1.50. The molecule has 1 aromatic carbocycles. The number of hydrogen-bond donors (Lipinski definition) is 1. The summed E-state index contributed by atoms with van der Waals surface area (Å²) < 4.78 is 1.33. The summed E-state index contributed by atoms with van der Waals surface area (Å²) in [5, 5.41) is 3.39. The van der Waals surface area contributed by atoms with E-state index in [9.17, 15) is 0 Å². The fourth-order valence-electron chi connectivity index (χ4n) is 2.48. The third kappa shape index (κ3) is 3.18. The van der Waals surface area contributed by atoms with Crippen molar-refractivity contribution in [3.8, 4) is 0 Å². The van der Waals surface area contributed by atoms with Crippen LogP contribution in [0.15, 0.2) is 24.3 Å². The van der Waals surface area contributed by atoms with Gasteiger partial charge < -0.3 is 5.32 Å². The summed E-state index contributed by atoms with van der Waals surface area (Å²) in [4.78, 5) is 0. The van der Waals surface area contributed by atoms with Gasteiger partial charge in [0.25, 0.3) is 0 Å². The number of benzene rings is 1. The van der Waals surface area contributed by atoms with Gasteiger partial charge in [-0.15, -0.1) is 0 Å². The van der Waals surface area contributed by atoms with Gasteiger partial charge in [-0.3, -0.25) is 0 Å². The number of rotatable bonds is 3. The zero-order valence-electron chi connectivity index (χ0n) is 9.17. The maximum atomic E-state index is 3.39. The van der Waals surface area contributed by atoms with E-state index in [4.69, 9.17) is 0 Å². The topological polar surface area (TPSA) is 12.0 Å². The average molecular weight is 315 g/mol. The van der Waals surface area contributed by atoms with Crippen molar-refractivity contribution in [2.45, 2.75) is 31.7 Å². The molecule has 0 aliphatic heterocycles. The van der Waals surface area contributed by atoms with E-state index in [1.54, 1.807) is 0 Å². The Morgan fingerprint density at radius 1 is 1.27 bits per heavy atom. The first-order valence-corrected chi connectivity index (χ1v) is 6.77. The van der Waals surface area contributed by atoms with Gasteiger partial charge in [0.1, 0.15) is 0 Å². The predicted molar refractivity (Wildman–Crippen MR) is 73.1 cm³/mol. The summed E-state index contributed by atoms with van der Waals surface area (Å²) in [6, 6.07) is 9.72. The van der Waals surface area contributed by atoms with Crippen molar-refractivity contribution < 1.29 is 0 Å². The van der Waals surface area contributed by atoms with E-state index in [-0.39, 0.29) is 0 Å². The highest BCUT2D eigenvalue weighted by Gasteiger charge is 2.23. The SMILES string of the molecule is CNC1CCC(Cc2ccc(I)cc2)C1. The Labute approximate surface area is 106 Å². The van der Waals surface area contributed by atoms with Crippen molar-refractivity contribution >= 4 is 22.6 Å². The number of nitrogens with one attached hydrogen (secondary N) is 1. The summed E-state index contributed by atoms with van der Waals surface area (Å²) in [5.74, 6) is 0.891. The molecule has 1 fully saturated rings. The van der Waals surface area contributed by atoms with Crippen LogP contribution >= 0.6 is 22.6 Å². The van der Waals surface area contributed by atoms with Crippen LogP contribution in [0.5, 0.6) is 0 Å². The van der Waals surface area contributed by atoms with Gasteiger partial charge in [0.2, 0.25) is 0 Å². The molecule has 0 saturated heterocycles. The first-order valence-electron chi connectivity index (χ1n) is 5.69. The van der Waals surface area contributed by atoms with Gasteiger partial charge in [-0.2, -0.15) is 0 Å². The smallest absolute Gasteiger partial charge is 0.0130 e. The van der Waals surface area contributed by atoms with Gasteiger partial charge in [-0.05, 0) is 78.9 Å². The van der Waals surface area contributed by atoms with Crippen LogP contribution in [0.1, 0.15) is 24.8 Å². The third-order valence-electron chi connectivity index (χ3n) is 3.39. The standard InChI is InChI=1S/C13H18IN/c1-15-13-7-4-11(9-13)8-10-2-5-12(14)6-3-10/h2-3,5-6,11,13,15H,4,7-9H2,1H3. The Morgan fingerprint density at radius 2 is 2.00 bits per heavy atom. The highest BCUT2D eigenvalue weighted by Crippen LogP contribution is 2.28. The lowest BCUT2D eigenvalue weighted by Crippen LogP contribution is -2.21. The van der Waals surface area contributed by atoms with Gasteiger partial charge >= 0.3 is 0 Å². The molecule has 15 heavy (non-hydrogen) atoms. The summed E-state index contributed by atoms with van der Waals surface area (Å²) in [7, 11) is 2.08. The zero-order valence-corrected chi connectivity index (χ0v) is 11.3. The van der Waals surface area contributed by atoms with Gasteiger partial charge in [0.15, 0.2) is 0 Å². The maximum Gasteiger partial charge on any atom is 0.0130 e. The molecule has 82 valence electrons. The lowest BCUT2D eigenvalue weighted by molar-refractivity contribution is 0.510. The molecule has 0 radical (unpaired) electrons. The molecule has 2 atom stereocenters. The van der Waals surface area contributed by atoms with Crippen LogP contribution in [0.4, 0.5) is 0 Å². The second-order valence-electron chi connectivity index (χ2n) is 4.50. The molecule has 1 aliphatic carbocycles. The Bertz CT molecular complexity index is 307. The van der Waals surface area contributed by atoms with Crippen LogP contribution in [0.3, 0.4) is 0 Å². The second kappa shape index (κ2) is 5.30. The van der Waals surface area contributed by atoms with E-state index in [1.165, 1.54) is 34.8 Å². The molecule has 0 heterocycles. The van der Waals surface area contributed by atoms with Crippen molar-refractivity contribution in [3.63, 3.8) is 0 Å². The average Bonchev–Trinajstić information content (AvgIpc) is 2.69. The quantitative estimate of drug-likeness (QED) is 0.845. The molecule has 1 aliphatic rings. The molecule has 1 aromatic rings. The molecule has 0 bridgehead atoms. The maximum absolute atomic E-state index is 3.39. The monoisotopic (exact) mass is 315 g/mol. The van der Waals surface area contributed by atoms with Crippen molar-refractivity contribution in [1.29, 1.82) is 0 Å². The molecule has 2 rings (SSSR count). The largest absolute Gasteiger partial charge is 0.317 e. The summed E-state index contributed by atoms with van der Waals surface area (Å²) >= 11 is 2.36. The zero-order chi connectivity index (χ0) is 10.7. The van der Waals surface area contributed by atoms with Crippen molar-refractivity contribution in [3.05, 3.63) is 33.4 Å². The fourth-order valence-corrected chi connectivity index (χ4v) is 2.84. The molecule has 1 nitrogen and oxygen atoms in total.